The standard InChI is InChI=1S/C27H31N7O2/c1-16-12-33(13-17(2)30-16)22-8-7-21(24-25(22)29-10-9-28-24)27(35)32-19-11-23(36-20-5-4-6-20)26-31-18(3)14-34(26)15-19/h7-11,14-17,20,30H,4-6,12-13H2,1-3H3,(H,32,35). The second-order valence-electron chi connectivity index (χ2n) is 10.1. The molecule has 2 atom stereocenters. The van der Waals surface area contributed by atoms with Crippen LogP contribution in [0.3, 0.4) is 0 Å². The number of nitrogens with zero attached hydrogens (tertiary/aromatic N) is 5. The van der Waals surface area contributed by atoms with Crippen LogP contribution in [0.15, 0.2) is 43.0 Å². The van der Waals surface area contributed by atoms with Gasteiger partial charge in [0.2, 0.25) is 0 Å². The van der Waals surface area contributed by atoms with Gasteiger partial charge in [-0.25, -0.2) is 4.98 Å². The molecule has 6 rings (SSSR count). The van der Waals surface area contributed by atoms with Crippen LogP contribution in [-0.4, -0.2) is 56.5 Å². The third-order valence-corrected chi connectivity index (χ3v) is 6.99. The minimum absolute atomic E-state index is 0.207. The van der Waals surface area contributed by atoms with Crippen molar-refractivity contribution in [2.45, 2.75) is 58.2 Å². The maximum absolute atomic E-state index is 13.5. The summed E-state index contributed by atoms with van der Waals surface area (Å²) in [5, 5.41) is 6.62. The van der Waals surface area contributed by atoms with Gasteiger partial charge in [-0.1, -0.05) is 0 Å². The van der Waals surface area contributed by atoms with Crippen molar-refractivity contribution in [1.82, 2.24) is 24.7 Å². The van der Waals surface area contributed by atoms with E-state index in [1.165, 1.54) is 6.42 Å². The first kappa shape index (κ1) is 22.7. The van der Waals surface area contributed by atoms with Crippen molar-refractivity contribution in [2.24, 2.45) is 0 Å². The number of aryl methyl sites for hydroxylation is 1. The lowest BCUT2D eigenvalue weighted by atomic mass is 9.96. The molecule has 0 bridgehead atoms. The van der Waals surface area contributed by atoms with Crippen LogP contribution in [0.25, 0.3) is 16.7 Å². The molecule has 186 valence electrons. The number of anilines is 2. The molecule has 1 saturated carbocycles. The number of carbonyl (C=O) groups excluding carboxylic acids is 1. The largest absolute Gasteiger partial charge is 0.486 e. The predicted octanol–water partition coefficient (Wildman–Crippen LogP) is 3.96. The molecule has 1 aliphatic heterocycles. The first-order valence-corrected chi connectivity index (χ1v) is 12.7. The summed E-state index contributed by atoms with van der Waals surface area (Å²) < 4.78 is 8.12. The maximum atomic E-state index is 13.5. The van der Waals surface area contributed by atoms with Crippen molar-refractivity contribution < 1.29 is 9.53 Å². The van der Waals surface area contributed by atoms with Crippen LogP contribution >= 0.6 is 0 Å². The molecular formula is C27H31N7O2. The van der Waals surface area contributed by atoms with Gasteiger partial charge in [0.1, 0.15) is 11.0 Å². The highest BCUT2D eigenvalue weighted by atomic mass is 16.5. The van der Waals surface area contributed by atoms with E-state index in [-0.39, 0.29) is 12.0 Å². The molecule has 0 radical (unpaired) electrons. The predicted molar refractivity (Wildman–Crippen MR) is 140 cm³/mol. The second kappa shape index (κ2) is 9.05. The van der Waals surface area contributed by atoms with Crippen molar-refractivity contribution in [1.29, 1.82) is 0 Å². The van der Waals surface area contributed by atoms with E-state index < -0.39 is 0 Å². The number of aromatic nitrogens is 4. The van der Waals surface area contributed by atoms with Gasteiger partial charge in [-0.05, 0) is 52.2 Å². The Bertz CT molecular complexity index is 1440. The van der Waals surface area contributed by atoms with E-state index in [9.17, 15) is 4.79 Å². The number of piperazine rings is 1. The number of ether oxygens (including phenoxy) is 1. The number of hydrogen-bond donors (Lipinski definition) is 2. The molecule has 4 heterocycles. The van der Waals surface area contributed by atoms with Gasteiger partial charge in [0.25, 0.3) is 5.91 Å². The van der Waals surface area contributed by atoms with Crippen molar-refractivity contribution in [3.05, 3.63) is 54.2 Å². The van der Waals surface area contributed by atoms with Gasteiger partial charge < -0.3 is 24.7 Å². The average molecular weight is 486 g/mol. The topological polar surface area (TPSA) is 96.7 Å². The zero-order valence-electron chi connectivity index (χ0n) is 20.9. The fraction of sp³-hybridized carbons (Fsp3) is 0.407. The molecule has 2 unspecified atom stereocenters. The highest BCUT2D eigenvalue weighted by Gasteiger charge is 2.25. The zero-order valence-corrected chi connectivity index (χ0v) is 20.9. The average Bonchev–Trinajstić information content (AvgIpc) is 3.20. The molecule has 1 aliphatic carbocycles. The molecule has 1 amide bonds. The van der Waals surface area contributed by atoms with Crippen LogP contribution in [-0.2, 0) is 0 Å². The third kappa shape index (κ3) is 4.24. The number of amides is 1. The summed E-state index contributed by atoms with van der Waals surface area (Å²) in [6.07, 6.45) is 10.6. The molecule has 0 spiro atoms. The SMILES string of the molecule is Cc1cn2cc(NC(=O)c3ccc(N4CC(C)NC(C)C4)c4nccnc34)cc(OC3CCC3)c2n1. The molecule has 36 heavy (non-hydrogen) atoms. The lowest BCUT2D eigenvalue weighted by Crippen LogP contribution is -2.54. The quantitative estimate of drug-likeness (QED) is 0.442. The Labute approximate surface area is 209 Å². The highest BCUT2D eigenvalue weighted by molar-refractivity contribution is 6.13. The van der Waals surface area contributed by atoms with Gasteiger partial charge in [-0.2, -0.15) is 0 Å². The molecular weight excluding hydrogens is 454 g/mol. The Kier molecular flexibility index (Phi) is 5.72. The number of benzene rings is 1. The summed E-state index contributed by atoms with van der Waals surface area (Å²) >= 11 is 0. The van der Waals surface area contributed by atoms with Gasteiger partial charge in [-0.3, -0.25) is 14.8 Å². The van der Waals surface area contributed by atoms with E-state index in [1.54, 1.807) is 12.4 Å². The molecule has 3 aromatic heterocycles. The van der Waals surface area contributed by atoms with Gasteiger partial charge >= 0.3 is 0 Å². The third-order valence-electron chi connectivity index (χ3n) is 6.99. The van der Waals surface area contributed by atoms with Crippen LogP contribution in [0, 0.1) is 6.92 Å². The summed E-state index contributed by atoms with van der Waals surface area (Å²) in [5.74, 6) is 0.451. The summed E-state index contributed by atoms with van der Waals surface area (Å²) in [4.78, 5) is 29.6. The van der Waals surface area contributed by atoms with E-state index >= 15 is 0 Å². The van der Waals surface area contributed by atoms with E-state index in [4.69, 9.17) is 4.74 Å². The molecule has 2 N–H and O–H groups in total. The van der Waals surface area contributed by atoms with E-state index in [1.807, 2.05) is 41.9 Å². The molecule has 9 heteroatoms. The maximum Gasteiger partial charge on any atom is 0.257 e. The van der Waals surface area contributed by atoms with Crippen molar-refractivity contribution in [3.63, 3.8) is 0 Å². The number of pyridine rings is 1. The van der Waals surface area contributed by atoms with Crippen LogP contribution in [0.5, 0.6) is 5.75 Å². The van der Waals surface area contributed by atoms with Gasteiger partial charge in [0, 0.05) is 56.0 Å². The molecule has 1 saturated heterocycles. The number of rotatable bonds is 5. The minimum atomic E-state index is -0.236. The summed E-state index contributed by atoms with van der Waals surface area (Å²) in [6.45, 7) is 8.05. The molecule has 9 nitrogen and oxygen atoms in total. The number of nitrogens with one attached hydrogen (secondary N) is 2. The highest BCUT2D eigenvalue weighted by Crippen LogP contribution is 2.32. The number of fused-ring (bicyclic) bond motifs is 2. The Hall–Kier alpha value is -3.72. The fourth-order valence-electron chi connectivity index (χ4n) is 5.22. The summed E-state index contributed by atoms with van der Waals surface area (Å²) in [7, 11) is 0. The number of carbonyl (C=O) groups is 1. The van der Waals surface area contributed by atoms with Crippen LogP contribution in [0.4, 0.5) is 11.4 Å². The molecule has 2 aliphatic rings. The van der Waals surface area contributed by atoms with Crippen molar-refractivity contribution in [3.8, 4) is 5.75 Å². The molecule has 4 aromatic rings. The summed E-state index contributed by atoms with van der Waals surface area (Å²) in [5.41, 5.74) is 5.12. The molecule has 2 fully saturated rings. The lowest BCUT2D eigenvalue weighted by Gasteiger charge is -2.38. The second-order valence-corrected chi connectivity index (χ2v) is 10.1. The van der Waals surface area contributed by atoms with Crippen molar-refractivity contribution >= 4 is 34.0 Å². The normalized spacial score (nSPS) is 20.5. The molecule has 1 aromatic carbocycles. The van der Waals surface area contributed by atoms with E-state index in [2.05, 4.69) is 44.3 Å². The van der Waals surface area contributed by atoms with Crippen LogP contribution in [0.1, 0.15) is 49.2 Å². The van der Waals surface area contributed by atoms with E-state index in [0.29, 0.717) is 34.6 Å². The minimum Gasteiger partial charge on any atom is -0.486 e. The van der Waals surface area contributed by atoms with Gasteiger partial charge in [0.15, 0.2) is 11.4 Å². The van der Waals surface area contributed by atoms with Crippen LogP contribution < -0.4 is 20.3 Å². The fourth-order valence-corrected chi connectivity index (χ4v) is 5.22. The lowest BCUT2D eigenvalue weighted by molar-refractivity contribution is 0.102. The number of hydrogen-bond acceptors (Lipinski definition) is 7. The van der Waals surface area contributed by atoms with Gasteiger partial charge in [-0.15, -0.1) is 0 Å². The zero-order chi connectivity index (χ0) is 24.8. The summed E-state index contributed by atoms with van der Waals surface area (Å²) in [6, 6.07) is 6.43. The van der Waals surface area contributed by atoms with Crippen molar-refractivity contribution in [2.75, 3.05) is 23.3 Å². The Morgan fingerprint density at radius 2 is 1.83 bits per heavy atom. The first-order valence-electron chi connectivity index (χ1n) is 12.7. The Morgan fingerprint density at radius 3 is 2.56 bits per heavy atom. The smallest absolute Gasteiger partial charge is 0.257 e. The monoisotopic (exact) mass is 485 g/mol. The Balaban J connectivity index is 1.33. The van der Waals surface area contributed by atoms with E-state index in [0.717, 1.165) is 48.5 Å². The Morgan fingerprint density at radius 1 is 1.08 bits per heavy atom. The van der Waals surface area contributed by atoms with Gasteiger partial charge in [0.05, 0.1) is 28.7 Å². The number of imidazole rings is 1. The van der Waals surface area contributed by atoms with Crippen LogP contribution in [0.2, 0.25) is 0 Å². The first-order chi connectivity index (χ1) is 17.4.